The van der Waals surface area contributed by atoms with Crippen molar-refractivity contribution in [2.75, 3.05) is 19.8 Å². The smallest absolute Gasteiger partial charge is 0.216 e. The molecule has 0 radical (unpaired) electrons. The van der Waals surface area contributed by atoms with Gasteiger partial charge in [0.25, 0.3) is 0 Å². The predicted octanol–water partition coefficient (Wildman–Crippen LogP) is 0.835. The van der Waals surface area contributed by atoms with E-state index in [9.17, 15) is 8.42 Å². The van der Waals surface area contributed by atoms with E-state index in [1.807, 2.05) is 6.92 Å². The number of sulfonamides is 1. The zero-order chi connectivity index (χ0) is 10.8. The van der Waals surface area contributed by atoms with Crippen LogP contribution in [0.3, 0.4) is 0 Å². The maximum Gasteiger partial charge on any atom is 0.216 e. The summed E-state index contributed by atoms with van der Waals surface area (Å²) in [4.78, 5) is 0. The minimum Gasteiger partial charge on any atom is -0.378 e. The fraction of sp³-hybridized carbons (Fsp3) is 1.00. The van der Waals surface area contributed by atoms with Crippen molar-refractivity contribution in [1.29, 1.82) is 0 Å². The highest BCUT2D eigenvalue weighted by Crippen LogP contribution is 2.18. The first-order valence-corrected chi connectivity index (χ1v) is 6.58. The fourth-order valence-corrected chi connectivity index (χ4v) is 3.06. The van der Waals surface area contributed by atoms with Gasteiger partial charge in [-0.1, -0.05) is 6.92 Å². The van der Waals surface area contributed by atoms with E-state index in [1.54, 1.807) is 18.2 Å². The van der Waals surface area contributed by atoms with Crippen LogP contribution in [-0.2, 0) is 14.8 Å². The van der Waals surface area contributed by atoms with E-state index in [0.717, 1.165) is 6.42 Å². The Morgan fingerprint density at radius 3 is 2.64 bits per heavy atom. The molecule has 1 unspecified atom stereocenters. The van der Waals surface area contributed by atoms with E-state index >= 15 is 0 Å². The summed E-state index contributed by atoms with van der Waals surface area (Å²) < 4.78 is 30.7. The van der Waals surface area contributed by atoms with Crippen LogP contribution in [0.2, 0.25) is 0 Å². The monoisotopic (exact) mass is 221 g/mol. The highest BCUT2D eigenvalue weighted by molar-refractivity contribution is 7.89. The summed E-state index contributed by atoms with van der Waals surface area (Å²) in [5, 5.41) is -0.338. The van der Waals surface area contributed by atoms with E-state index in [4.69, 9.17) is 4.74 Å². The molecule has 1 heterocycles. The van der Waals surface area contributed by atoms with Crippen molar-refractivity contribution < 1.29 is 13.2 Å². The summed E-state index contributed by atoms with van der Waals surface area (Å²) in [6, 6.07) is 0.0242. The lowest BCUT2D eigenvalue weighted by Crippen LogP contribution is -2.50. The summed E-state index contributed by atoms with van der Waals surface area (Å²) >= 11 is 0. The van der Waals surface area contributed by atoms with Crippen molar-refractivity contribution in [2.24, 2.45) is 0 Å². The number of rotatable bonds is 3. The number of ether oxygens (including phenoxy) is 1. The Kier molecular flexibility index (Phi) is 3.92. The molecule has 1 aliphatic heterocycles. The molecule has 0 aromatic rings. The van der Waals surface area contributed by atoms with E-state index < -0.39 is 10.0 Å². The van der Waals surface area contributed by atoms with Crippen LogP contribution >= 0.6 is 0 Å². The van der Waals surface area contributed by atoms with Gasteiger partial charge in [0, 0.05) is 12.6 Å². The summed E-state index contributed by atoms with van der Waals surface area (Å²) in [7, 11) is -3.11. The van der Waals surface area contributed by atoms with E-state index in [0.29, 0.717) is 19.8 Å². The zero-order valence-corrected chi connectivity index (χ0v) is 9.88. The molecule has 0 aromatic heterocycles. The van der Waals surface area contributed by atoms with Crippen LogP contribution in [0.4, 0.5) is 0 Å². The minimum absolute atomic E-state index is 0.0242. The Labute approximate surface area is 86.3 Å². The summed E-state index contributed by atoms with van der Waals surface area (Å²) in [5.74, 6) is 0. The molecule has 0 N–H and O–H groups in total. The van der Waals surface area contributed by atoms with Crippen molar-refractivity contribution in [1.82, 2.24) is 4.31 Å². The molecule has 14 heavy (non-hydrogen) atoms. The molecule has 0 aliphatic carbocycles. The summed E-state index contributed by atoms with van der Waals surface area (Å²) in [6.45, 7) is 6.97. The van der Waals surface area contributed by atoms with Gasteiger partial charge in [0.15, 0.2) is 0 Å². The Morgan fingerprint density at radius 2 is 2.14 bits per heavy atom. The van der Waals surface area contributed by atoms with Crippen molar-refractivity contribution in [2.45, 2.75) is 38.5 Å². The predicted molar refractivity (Wildman–Crippen MR) is 55.7 cm³/mol. The van der Waals surface area contributed by atoms with Crippen LogP contribution < -0.4 is 0 Å². The van der Waals surface area contributed by atoms with Gasteiger partial charge in [-0.25, -0.2) is 8.42 Å². The second-order valence-electron chi connectivity index (χ2n) is 3.84. The third-order valence-electron chi connectivity index (χ3n) is 2.57. The van der Waals surface area contributed by atoms with Gasteiger partial charge < -0.3 is 4.74 Å². The van der Waals surface area contributed by atoms with Crippen molar-refractivity contribution in [3.8, 4) is 0 Å². The fourth-order valence-electron chi connectivity index (χ4n) is 1.57. The van der Waals surface area contributed by atoms with Crippen molar-refractivity contribution in [3.05, 3.63) is 0 Å². The molecule has 1 atom stereocenters. The normalized spacial score (nSPS) is 25.6. The van der Waals surface area contributed by atoms with Gasteiger partial charge in [0.1, 0.15) is 0 Å². The topological polar surface area (TPSA) is 46.6 Å². The lowest BCUT2D eigenvalue weighted by Gasteiger charge is -2.35. The highest BCUT2D eigenvalue weighted by Gasteiger charge is 2.33. The molecule has 4 nitrogen and oxygen atoms in total. The van der Waals surface area contributed by atoms with Gasteiger partial charge >= 0.3 is 0 Å². The molecule has 0 spiro atoms. The molecular weight excluding hydrogens is 202 g/mol. The minimum atomic E-state index is -3.11. The second-order valence-corrected chi connectivity index (χ2v) is 6.28. The van der Waals surface area contributed by atoms with Crippen LogP contribution in [0.25, 0.3) is 0 Å². The van der Waals surface area contributed by atoms with Crippen molar-refractivity contribution in [3.63, 3.8) is 0 Å². The largest absolute Gasteiger partial charge is 0.378 e. The van der Waals surface area contributed by atoms with Crippen LogP contribution in [-0.4, -0.2) is 43.8 Å². The first-order valence-electron chi connectivity index (χ1n) is 5.08. The second kappa shape index (κ2) is 4.59. The maximum absolute atomic E-state index is 11.9. The average molecular weight is 221 g/mol. The van der Waals surface area contributed by atoms with Crippen LogP contribution in [0.5, 0.6) is 0 Å². The Balaban J connectivity index is 2.83. The number of hydrogen-bond acceptors (Lipinski definition) is 3. The zero-order valence-electron chi connectivity index (χ0n) is 9.06. The van der Waals surface area contributed by atoms with Gasteiger partial charge in [-0.3, -0.25) is 0 Å². The van der Waals surface area contributed by atoms with Crippen LogP contribution in [0.15, 0.2) is 0 Å². The van der Waals surface area contributed by atoms with E-state index in [1.165, 1.54) is 0 Å². The van der Waals surface area contributed by atoms with Gasteiger partial charge in [0.2, 0.25) is 10.0 Å². The Bertz CT molecular complexity index is 274. The maximum atomic E-state index is 11.9. The van der Waals surface area contributed by atoms with E-state index in [2.05, 4.69) is 0 Å². The molecule has 0 aromatic carbocycles. The van der Waals surface area contributed by atoms with E-state index in [-0.39, 0.29) is 11.3 Å². The molecule has 1 aliphatic rings. The molecule has 0 bridgehead atoms. The average Bonchev–Trinajstić information content (AvgIpc) is 2.17. The lowest BCUT2D eigenvalue weighted by molar-refractivity contribution is 0.0311. The summed E-state index contributed by atoms with van der Waals surface area (Å²) in [5.41, 5.74) is 0. The van der Waals surface area contributed by atoms with Gasteiger partial charge in [-0.05, 0) is 20.3 Å². The van der Waals surface area contributed by atoms with Gasteiger partial charge in [0.05, 0.1) is 18.5 Å². The van der Waals surface area contributed by atoms with Gasteiger partial charge in [-0.2, -0.15) is 4.31 Å². The molecule has 5 heteroatoms. The number of hydrogen-bond donors (Lipinski definition) is 0. The van der Waals surface area contributed by atoms with Crippen molar-refractivity contribution >= 4 is 10.0 Å². The standard InChI is InChI=1S/C9H19NO3S/c1-4-9-7-13-6-5-10(9)14(11,12)8(2)3/h8-9H,4-7H2,1-3H3. The molecule has 0 amide bonds. The first kappa shape index (κ1) is 11.9. The Hall–Kier alpha value is -0.130. The molecule has 1 rings (SSSR count). The third kappa shape index (κ3) is 2.27. The van der Waals surface area contributed by atoms with Gasteiger partial charge in [-0.15, -0.1) is 0 Å². The number of morpholine rings is 1. The molecule has 1 saturated heterocycles. The molecular formula is C9H19NO3S. The number of nitrogens with zero attached hydrogens (tertiary/aromatic N) is 1. The SMILES string of the molecule is CCC1COCCN1S(=O)(=O)C(C)C. The Morgan fingerprint density at radius 1 is 1.50 bits per heavy atom. The van der Waals surface area contributed by atoms with Crippen LogP contribution in [0.1, 0.15) is 27.2 Å². The highest BCUT2D eigenvalue weighted by atomic mass is 32.2. The molecule has 0 saturated carbocycles. The lowest BCUT2D eigenvalue weighted by atomic mass is 10.2. The molecule has 1 fully saturated rings. The first-order chi connectivity index (χ1) is 6.50. The quantitative estimate of drug-likeness (QED) is 0.709. The summed E-state index contributed by atoms with van der Waals surface area (Å²) in [6.07, 6.45) is 0.811. The molecule has 84 valence electrons. The third-order valence-corrected chi connectivity index (χ3v) is 4.89. The van der Waals surface area contributed by atoms with Crippen LogP contribution in [0, 0.1) is 0 Å².